The van der Waals surface area contributed by atoms with E-state index in [1.54, 1.807) is 81.6 Å². The summed E-state index contributed by atoms with van der Waals surface area (Å²) in [6, 6.07) is 4.28. The predicted octanol–water partition coefficient (Wildman–Crippen LogP) is 1.53. The molecule has 6 aromatic rings. The number of para-hydroxylation sites is 1. The number of nitrogens with two attached hydrogens (primary N) is 1. The number of primary amides is 1. The number of hydrogen-bond donors (Lipinski definition) is 14. The summed E-state index contributed by atoms with van der Waals surface area (Å²) in [5.74, 6) is -25.8. The molecular formula is C93H116F4N16O21S. The molecule has 3 fully saturated rings. The number of aliphatic carboxylic acids is 1. The van der Waals surface area contributed by atoms with Gasteiger partial charge in [0.1, 0.15) is 96.7 Å². The van der Waals surface area contributed by atoms with Crippen LogP contribution in [0.1, 0.15) is 120 Å². The quantitative estimate of drug-likeness (QED) is 0.0219. The maximum Gasteiger partial charge on any atom is 0.303 e. The first kappa shape index (κ1) is 105. The Morgan fingerprint density at radius 2 is 1.14 bits per heavy atom. The number of carbonyl (C=O) groups is 17. The summed E-state index contributed by atoms with van der Waals surface area (Å²) in [6.45, 7) is 5.59. The number of carboxylic acids is 1. The molecule has 3 aliphatic heterocycles. The van der Waals surface area contributed by atoms with Crippen LogP contribution in [0.5, 0.6) is 5.75 Å². The van der Waals surface area contributed by atoms with Gasteiger partial charge in [-0.2, -0.15) is 0 Å². The van der Waals surface area contributed by atoms with Crippen LogP contribution in [0, 0.1) is 35.1 Å². The Morgan fingerprint density at radius 1 is 0.578 bits per heavy atom. The van der Waals surface area contributed by atoms with Gasteiger partial charge in [0.2, 0.25) is 88.6 Å². The number of unbranched alkanes of at least 4 members (excludes halogenated alkanes) is 1. The van der Waals surface area contributed by atoms with E-state index in [1.807, 2.05) is 0 Å². The van der Waals surface area contributed by atoms with Crippen molar-refractivity contribution in [1.29, 1.82) is 0 Å². The van der Waals surface area contributed by atoms with Crippen molar-refractivity contribution in [2.75, 3.05) is 58.9 Å². The number of carbonyl (C=O) groups excluding carboxylic acids is 16. The van der Waals surface area contributed by atoms with Gasteiger partial charge < -0.3 is 103 Å². The number of nitrogens with zero attached hydrogens (tertiary/aromatic N) is 5. The predicted molar refractivity (Wildman–Crippen MR) is 482 cm³/mol. The van der Waals surface area contributed by atoms with Crippen LogP contribution in [0.25, 0.3) is 10.9 Å². The summed E-state index contributed by atoms with van der Waals surface area (Å²) in [5, 5.41) is 55.8. The minimum absolute atomic E-state index is 0.0594. The maximum atomic E-state index is 15.7. The Kier molecular flexibility index (Phi) is 38.5. The lowest BCUT2D eigenvalue weighted by Crippen LogP contribution is -2.62. The number of halogens is 4. The summed E-state index contributed by atoms with van der Waals surface area (Å²) in [7, 11) is 3.55. The first-order valence-electron chi connectivity index (χ1n) is 44.3. The van der Waals surface area contributed by atoms with Crippen molar-refractivity contribution < 1.29 is 119 Å². The Morgan fingerprint density at radius 3 is 1.79 bits per heavy atom. The lowest BCUT2D eigenvalue weighted by Gasteiger charge is -2.38. The van der Waals surface area contributed by atoms with Crippen LogP contribution < -0.4 is 53.6 Å². The number of phenolic OH excluding ortho intramolecular Hbond substituents is 1. The summed E-state index contributed by atoms with van der Waals surface area (Å²) < 4.78 is 64.8. The van der Waals surface area contributed by atoms with E-state index in [0.717, 1.165) is 50.7 Å². The number of phenols is 1. The molecule has 42 heteroatoms. The maximum absolute atomic E-state index is 15.7. The number of carboxylic acid groups (broad SMARTS) is 1. The highest BCUT2D eigenvalue weighted by molar-refractivity contribution is 8.00. The van der Waals surface area contributed by atoms with E-state index < -0.39 is 278 Å². The van der Waals surface area contributed by atoms with E-state index in [4.69, 9.17) is 10.5 Å². The molecule has 37 nitrogen and oxygen atoms in total. The number of ether oxygens (including phenoxy) is 1. The number of amides is 15. The molecular weight excluding hydrogens is 1790 g/mol. The molecule has 0 saturated carbocycles. The monoisotopic (exact) mass is 1900 g/mol. The van der Waals surface area contributed by atoms with Crippen molar-refractivity contribution in [1.82, 2.24) is 77.3 Å². The molecule has 728 valence electrons. The number of benzene rings is 5. The number of aromatic hydroxyl groups is 1. The van der Waals surface area contributed by atoms with Gasteiger partial charge in [0.15, 0.2) is 17.5 Å². The number of aliphatic hydroxyl groups is 1. The minimum Gasteiger partial charge on any atom is -0.508 e. The fraction of sp³-hybridized carbons (Fsp3) is 0.473. The van der Waals surface area contributed by atoms with Crippen LogP contribution in [-0.4, -0.2) is 289 Å². The average molecular weight is 1900 g/mol. The van der Waals surface area contributed by atoms with Crippen molar-refractivity contribution in [3.8, 4) is 5.75 Å². The van der Waals surface area contributed by atoms with Crippen LogP contribution in [0.4, 0.5) is 17.6 Å². The second kappa shape index (κ2) is 49.4. The van der Waals surface area contributed by atoms with Crippen molar-refractivity contribution in [3.05, 3.63) is 173 Å². The van der Waals surface area contributed by atoms with Crippen LogP contribution in [0.15, 0.2) is 121 Å². The zero-order chi connectivity index (χ0) is 98.8. The molecule has 1 aromatic heterocycles. The number of hydrogen-bond acceptors (Lipinski definition) is 21. The zero-order valence-corrected chi connectivity index (χ0v) is 76.7. The Hall–Kier alpha value is -13.5. The Bertz CT molecular complexity index is 5250. The number of likely N-dealkylation sites (N-methyl/N-ethyl adjacent to an activating group) is 3. The third-order valence-electron chi connectivity index (χ3n) is 23.7. The standard InChI is InChI=1S/C93H116F4N16O21S/c1-9-10-21-72-92(132)113-45-59(116)42-74(113)88(128)106-69(46-134-49-114)85(125)108-80(51(4)5)93(133)110(7)73(39-54-23-27-57(94)28-24-54)87(127)102-64(31-32-78(119)120)90(130)112-33-16-22-71(112)86(126)105-67(41-56-43-99-63-20-15-14-19-60(56)63)84(124)104-66(37-53-25-29-58(115)30-26-53)83(123)103-65(34-50(2)3)82(122)107-70(81(121)100-44-76(98)117)47-135-48-77(118)101-68(38-55-35-61(95)79(97)62(96)36-55)89(129)111(8)75(91(131)109(72)6)40-52-17-12-11-13-18-52/h11-15,17-20,23-30,35-36,43,49-51,59,64-75,80,99,115-116H,9-10,16,21-22,31-34,37-42,44-48H2,1-8H3,(H2,98,117)(H,100,121)(H,101,118)(H,102,127)(H,103,123)(H,104,124)(H,105,126)(H,106,128)(H,107,122)(H,108,125)(H,119,120)/t59-,64-,65-,66-,67-,68-,69-,70-,71+,72-,73-,74+,75-,80-/m0/s1. The molecule has 135 heavy (non-hydrogen) atoms. The number of fused-ring (bicyclic) bond motifs is 3. The highest BCUT2D eigenvalue weighted by Crippen LogP contribution is 2.29. The fourth-order valence-corrected chi connectivity index (χ4v) is 17.3. The van der Waals surface area contributed by atoms with Gasteiger partial charge in [-0.3, -0.25) is 81.5 Å². The number of thioether (sulfide) groups is 1. The minimum atomic E-state index is -1.92. The molecule has 15 N–H and O–H groups in total. The number of H-pyrrole nitrogens is 1. The van der Waals surface area contributed by atoms with Gasteiger partial charge in [-0.15, -0.1) is 11.8 Å². The highest BCUT2D eigenvalue weighted by atomic mass is 32.2. The van der Waals surface area contributed by atoms with Gasteiger partial charge in [0.25, 0.3) is 6.47 Å². The van der Waals surface area contributed by atoms with Crippen LogP contribution >= 0.6 is 11.8 Å². The Balaban J connectivity index is 1.14. The SMILES string of the molecule is CCCC[C@H]1C(=O)N2C[C@@H](O)C[C@@H]2C(=O)N[C@@H](COC=O)C(=O)N[C@@H](C(C)C)C(=O)N(C)[C@@H](Cc2ccc(F)cc2)C(=O)N[C@@H](CCC(=O)O)C(=O)N2CCC[C@@H]2C(=O)N[C@@H](Cc2c[nH]c3ccccc23)C(=O)N[C@@H](Cc2ccc(O)cc2)C(=O)N[C@@H](CC(C)C)C(=O)N[C@H](C(=O)NCC(N)=O)CSCC(=O)N[C@@H](Cc2cc(F)c(F)c(F)c2)C(=O)N(C)[C@@H](Cc2ccccc2)C(=O)N1C. The van der Waals surface area contributed by atoms with Crippen LogP contribution in [-0.2, 0) is 118 Å². The lowest BCUT2D eigenvalue weighted by molar-refractivity contribution is -0.152. The third-order valence-corrected chi connectivity index (χ3v) is 24.7. The van der Waals surface area contributed by atoms with E-state index in [9.17, 15) is 57.7 Å². The molecule has 3 saturated heterocycles. The third kappa shape index (κ3) is 29.2. The molecule has 0 aliphatic carbocycles. The van der Waals surface area contributed by atoms with Gasteiger partial charge in [-0.25, -0.2) is 17.6 Å². The molecule has 4 heterocycles. The van der Waals surface area contributed by atoms with E-state index >= 15 is 56.7 Å². The van der Waals surface area contributed by atoms with E-state index in [2.05, 4.69) is 52.8 Å². The number of aromatic amines is 1. The average Bonchev–Trinajstić information content (AvgIpc) is 1.78. The van der Waals surface area contributed by atoms with Crippen molar-refractivity contribution in [2.45, 2.75) is 209 Å². The first-order chi connectivity index (χ1) is 64.1. The van der Waals surface area contributed by atoms with Gasteiger partial charge in [0.05, 0.1) is 18.4 Å². The lowest BCUT2D eigenvalue weighted by atomic mass is 9.98. The normalized spacial score (nSPS) is 23.9. The van der Waals surface area contributed by atoms with Crippen molar-refractivity contribution >= 4 is 124 Å². The largest absolute Gasteiger partial charge is 0.508 e. The van der Waals surface area contributed by atoms with Crippen LogP contribution in [0.3, 0.4) is 0 Å². The summed E-state index contributed by atoms with van der Waals surface area (Å²) in [5.41, 5.74) is 7.08. The molecule has 0 radical (unpaired) electrons. The van der Waals surface area contributed by atoms with E-state index in [-0.39, 0.29) is 81.3 Å². The molecule has 0 bridgehead atoms. The zero-order valence-electron chi connectivity index (χ0n) is 75.9. The summed E-state index contributed by atoms with van der Waals surface area (Å²) in [4.78, 5) is 257. The summed E-state index contributed by atoms with van der Waals surface area (Å²) in [6.07, 6.45) is -3.72. The van der Waals surface area contributed by atoms with Gasteiger partial charge >= 0.3 is 5.97 Å². The van der Waals surface area contributed by atoms with Gasteiger partial charge in [-0.05, 0) is 114 Å². The topological polar surface area (TPSA) is 526 Å². The van der Waals surface area contributed by atoms with Gasteiger partial charge in [0, 0.05) is 102 Å². The van der Waals surface area contributed by atoms with Crippen molar-refractivity contribution in [2.24, 2.45) is 17.6 Å². The van der Waals surface area contributed by atoms with Gasteiger partial charge in [-0.1, -0.05) is 120 Å². The second-order valence-electron chi connectivity index (χ2n) is 34.6. The number of nitrogens with one attached hydrogen (secondary N) is 10. The molecule has 0 spiro atoms. The highest BCUT2D eigenvalue weighted by Gasteiger charge is 2.48. The molecule has 3 aliphatic rings. The molecule has 5 aromatic carbocycles. The molecule has 9 rings (SSSR count). The van der Waals surface area contributed by atoms with E-state index in [0.29, 0.717) is 57.9 Å². The summed E-state index contributed by atoms with van der Waals surface area (Å²) >= 11 is 0.650. The van der Waals surface area contributed by atoms with E-state index in [1.165, 1.54) is 57.3 Å². The number of rotatable bonds is 25. The molecule has 0 unspecified atom stereocenters. The fourth-order valence-electron chi connectivity index (χ4n) is 16.4. The van der Waals surface area contributed by atoms with Crippen LogP contribution in [0.2, 0.25) is 0 Å². The Labute approximate surface area is 780 Å². The number of aliphatic hydroxyl groups excluding tert-OH is 1. The molecule has 15 amide bonds. The van der Waals surface area contributed by atoms with Crippen molar-refractivity contribution in [3.63, 3.8) is 0 Å². The number of aromatic nitrogens is 1. The smallest absolute Gasteiger partial charge is 0.303 e. The second-order valence-corrected chi connectivity index (χ2v) is 35.6. The first-order valence-corrected chi connectivity index (χ1v) is 45.5. The molecule has 14 atom stereocenters.